The lowest BCUT2D eigenvalue weighted by Crippen LogP contribution is -1.87. The SMILES string of the molecule is Nc1ccc(Oc2ccc(-c3ccc(-c4ccc(Oc5ccc(N)cc5)cc4)cc3)cc2)cc1. The van der Waals surface area contributed by atoms with Crippen molar-refractivity contribution in [2.75, 3.05) is 11.5 Å². The third kappa shape index (κ3) is 5.03. The average Bonchev–Trinajstić information content (AvgIpc) is 2.88. The largest absolute Gasteiger partial charge is 0.457 e. The van der Waals surface area contributed by atoms with Crippen LogP contribution >= 0.6 is 0 Å². The van der Waals surface area contributed by atoms with Crippen LogP contribution in [0.25, 0.3) is 22.3 Å². The standard InChI is InChI=1S/C30H24N2O2/c31-25-9-17-29(18-10-25)33-27-13-5-23(6-14-27)21-1-2-22(4-3-21)24-7-15-28(16-8-24)34-30-19-11-26(32)12-20-30/h1-20H,31-32H2. The number of anilines is 2. The Labute approximate surface area is 199 Å². The number of ether oxygens (including phenoxy) is 2. The summed E-state index contributed by atoms with van der Waals surface area (Å²) in [7, 11) is 0. The number of benzene rings is 5. The van der Waals surface area contributed by atoms with Crippen LogP contribution < -0.4 is 20.9 Å². The summed E-state index contributed by atoms with van der Waals surface area (Å²) in [6.45, 7) is 0. The van der Waals surface area contributed by atoms with Gasteiger partial charge < -0.3 is 20.9 Å². The molecule has 0 atom stereocenters. The minimum Gasteiger partial charge on any atom is -0.457 e. The van der Waals surface area contributed by atoms with Gasteiger partial charge in [0.2, 0.25) is 0 Å². The van der Waals surface area contributed by atoms with Crippen LogP contribution in [-0.2, 0) is 0 Å². The fourth-order valence-corrected chi connectivity index (χ4v) is 3.63. The molecule has 0 saturated heterocycles. The van der Waals surface area contributed by atoms with Crippen LogP contribution in [0.15, 0.2) is 121 Å². The molecule has 0 heterocycles. The third-order valence-electron chi connectivity index (χ3n) is 5.49. The van der Waals surface area contributed by atoms with Crippen LogP contribution in [0.5, 0.6) is 23.0 Å². The minimum absolute atomic E-state index is 0.716. The smallest absolute Gasteiger partial charge is 0.127 e. The van der Waals surface area contributed by atoms with Gasteiger partial charge in [-0.2, -0.15) is 0 Å². The predicted octanol–water partition coefficient (Wildman–Crippen LogP) is 7.77. The first kappa shape index (κ1) is 21.2. The lowest BCUT2D eigenvalue weighted by Gasteiger charge is -2.09. The minimum atomic E-state index is 0.716. The second kappa shape index (κ2) is 9.43. The maximum absolute atomic E-state index is 5.88. The Kier molecular flexibility index (Phi) is 5.87. The Hall–Kier alpha value is -4.70. The highest BCUT2D eigenvalue weighted by Crippen LogP contribution is 2.30. The fourth-order valence-electron chi connectivity index (χ4n) is 3.63. The van der Waals surface area contributed by atoms with Crippen LogP contribution in [0.3, 0.4) is 0 Å². The van der Waals surface area contributed by atoms with Crippen molar-refractivity contribution in [3.8, 4) is 45.3 Å². The Balaban J connectivity index is 1.25. The van der Waals surface area contributed by atoms with Crippen LogP contribution in [0.1, 0.15) is 0 Å². The second-order valence-electron chi connectivity index (χ2n) is 7.97. The molecular formula is C30H24N2O2. The molecule has 0 spiro atoms. The van der Waals surface area contributed by atoms with Crippen molar-refractivity contribution in [1.82, 2.24) is 0 Å². The average molecular weight is 445 g/mol. The van der Waals surface area contributed by atoms with E-state index in [0.717, 1.165) is 45.3 Å². The number of nitrogens with two attached hydrogens (primary N) is 2. The quantitative estimate of drug-likeness (QED) is 0.262. The zero-order valence-corrected chi connectivity index (χ0v) is 18.5. The molecule has 0 aromatic heterocycles. The van der Waals surface area contributed by atoms with Crippen molar-refractivity contribution in [3.05, 3.63) is 121 Å². The van der Waals surface area contributed by atoms with Gasteiger partial charge in [0.1, 0.15) is 23.0 Å². The summed E-state index contributed by atoms with van der Waals surface area (Å²) in [6, 6.07) is 39.4. The summed E-state index contributed by atoms with van der Waals surface area (Å²) in [5.74, 6) is 3.09. The highest BCUT2D eigenvalue weighted by Gasteiger charge is 2.04. The van der Waals surface area contributed by atoms with Gasteiger partial charge in [0.05, 0.1) is 0 Å². The number of hydrogen-bond acceptors (Lipinski definition) is 4. The normalized spacial score (nSPS) is 10.6. The number of nitrogen functional groups attached to an aromatic ring is 2. The van der Waals surface area contributed by atoms with Gasteiger partial charge in [-0.25, -0.2) is 0 Å². The van der Waals surface area contributed by atoms with Gasteiger partial charge in [0.15, 0.2) is 0 Å². The van der Waals surface area contributed by atoms with Crippen LogP contribution in [-0.4, -0.2) is 0 Å². The summed E-state index contributed by atoms with van der Waals surface area (Å²) in [5, 5.41) is 0. The van der Waals surface area contributed by atoms with E-state index in [-0.39, 0.29) is 0 Å². The van der Waals surface area contributed by atoms with E-state index in [4.69, 9.17) is 20.9 Å². The number of rotatable bonds is 6. The molecule has 0 aliphatic heterocycles. The third-order valence-corrected chi connectivity index (χ3v) is 5.49. The molecule has 4 heteroatoms. The zero-order chi connectivity index (χ0) is 23.3. The van der Waals surface area contributed by atoms with E-state index >= 15 is 0 Å². The van der Waals surface area contributed by atoms with Gasteiger partial charge in [0, 0.05) is 11.4 Å². The zero-order valence-electron chi connectivity index (χ0n) is 18.5. The van der Waals surface area contributed by atoms with Gasteiger partial charge in [-0.3, -0.25) is 0 Å². The van der Waals surface area contributed by atoms with Crippen molar-refractivity contribution in [3.63, 3.8) is 0 Å². The summed E-state index contributed by atoms with van der Waals surface area (Å²) in [4.78, 5) is 0. The molecule has 166 valence electrons. The Morgan fingerprint density at radius 3 is 0.765 bits per heavy atom. The fraction of sp³-hybridized carbons (Fsp3) is 0. The Morgan fingerprint density at radius 2 is 0.500 bits per heavy atom. The van der Waals surface area contributed by atoms with Crippen LogP contribution in [0.2, 0.25) is 0 Å². The summed E-state index contributed by atoms with van der Waals surface area (Å²) in [6.07, 6.45) is 0. The highest BCUT2D eigenvalue weighted by molar-refractivity contribution is 5.71. The van der Waals surface area contributed by atoms with Crippen molar-refractivity contribution in [2.24, 2.45) is 0 Å². The van der Waals surface area contributed by atoms with E-state index in [1.54, 1.807) is 0 Å². The van der Waals surface area contributed by atoms with E-state index in [1.165, 1.54) is 0 Å². The second-order valence-corrected chi connectivity index (χ2v) is 7.97. The molecule has 0 saturated carbocycles. The molecule has 0 aliphatic carbocycles. The van der Waals surface area contributed by atoms with Crippen molar-refractivity contribution < 1.29 is 9.47 Å². The van der Waals surface area contributed by atoms with E-state index in [1.807, 2.05) is 72.8 Å². The maximum Gasteiger partial charge on any atom is 0.127 e. The molecule has 5 rings (SSSR count). The summed E-state index contributed by atoms with van der Waals surface area (Å²) < 4.78 is 11.8. The van der Waals surface area contributed by atoms with E-state index < -0.39 is 0 Å². The van der Waals surface area contributed by atoms with E-state index in [2.05, 4.69) is 48.5 Å². The monoisotopic (exact) mass is 444 g/mol. The predicted molar refractivity (Wildman–Crippen MR) is 139 cm³/mol. The Morgan fingerprint density at radius 1 is 0.294 bits per heavy atom. The Bertz CT molecular complexity index is 1250. The van der Waals surface area contributed by atoms with Crippen molar-refractivity contribution in [2.45, 2.75) is 0 Å². The summed E-state index contributed by atoms with van der Waals surface area (Å²) in [5.41, 5.74) is 17.4. The molecule has 34 heavy (non-hydrogen) atoms. The molecule has 0 unspecified atom stereocenters. The molecule has 0 aliphatic rings. The van der Waals surface area contributed by atoms with Crippen LogP contribution in [0.4, 0.5) is 11.4 Å². The highest BCUT2D eigenvalue weighted by atomic mass is 16.5. The van der Waals surface area contributed by atoms with Gasteiger partial charge in [-0.15, -0.1) is 0 Å². The molecule has 5 aromatic carbocycles. The molecule has 0 radical (unpaired) electrons. The number of hydrogen-bond donors (Lipinski definition) is 2. The first-order valence-electron chi connectivity index (χ1n) is 11.0. The van der Waals surface area contributed by atoms with Gasteiger partial charge in [-0.1, -0.05) is 48.5 Å². The molecular weight excluding hydrogens is 420 g/mol. The van der Waals surface area contributed by atoms with E-state index in [0.29, 0.717) is 11.4 Å². The molecule has 5 aromatic rings. The van der Waals surface area contributed by atoms with E-state index in [9.17, 15) is 0 Å². The van der Waals surface area contributed by atoms with Gasteiger partial charge in [-0.05, 0) is 95.1 Å². The summed E-state index contributed by atoms with van der Waals surface area (Å²) >= 11 is 0. The lowest BCUT2D eigenvalue weighted by atomic mass is 10.0. The molecule has 4 nitrogen and oxygen atoms in total. The van der Waals surface area contributed by atoms with Gasteiger partial charge in [0.25, 0.3) is 0 Å². The first-order chi connectivity index (χ1) is 16.6. The molecule has 0 bridgehead atoms. The van der Waals surface area contributed by atoms with Gasteiger partial charge >= 0.3 is 0 Å². The topological polar surface area (TPSA) is 70.5 Å². The lowest BCUT2D eigenvalue weighted by molar-refractivity contribution is 0.482. The van der Waals surface area contributed by atoms with Crippen molar-refractivity contribution >= 4 is 11.4 Å². The first-order valence-corrected chi connectivity index (χ1v) is 11.0. The molecule has 0 fully saturated rings. The molecule has 0 amide bonds. The van der Waals surface area contributed by atoms with Crippen molar-refractivity contribution in [1.29, 1.82) is 0 Å². The van der Waals surface area contributed by atoms with Crippen LogP contribution in [0, 0.1) is 0 Å². The maximum atomic E-state index is 5.88. The molecule has 4 N–H and O–H groups in total.